The smallest absolute Gasteiger partial charge is 0.319 e. The maximum absolute atomic E-state index is 12.1. The van der Waals surface area contributed by atoms with Gasteiger partial charge in [-0.2, -0.15) is 0 Å². The molecule has 0 aliphatic rings. The third kappa shape index (κ3) is 4.51. The van der Waals surface area contributed by atoms with Crippen molar-refractivity contribution in [2.75, 3.05) is 18.5 Å². The molecule has 5 nitrogen and oxygen atoms in total. The van der Waals surface area contributed by atoms with Gasteiger partial charge in [0.1, 0.15) is 12.4 Å². The number of anilines is 1. The lowest BCUT2D eigenvalue weighted by Gasteiger charge is -2.14. The molecule has 0 bridgehead atoms. The summed E-state index contributed by atoms with van der Waals surface area (Å²) in [5.74, 6) is 1.11. The van der Waals surface area contributed by atoms with E-state index in [-0.39, 0.29) is 6.03 Å². The number of para-hydroxylation sites is 1. The number of benzene rings is 2. The van der Waals surface area contributed by atoms with E-state index >= 15 is 0 Å². The number of carbonyl (C=O) groups excluding carboxylic acids is 1. The van der Waals surface area contributed by atoms with Crippen LogP contribution in [-0.2, 0) is 0 Å². The van der Waals surface area contributed by atoms with E-state index in [1.807, 2.05) is 54.6 Å². The van der Waals surface area contributed by atoms with Crippen molar-refractivity contribution in [3.63, 3.8) is 0 Å². The van der Waals surface area contributed by atoms with Crippen LogP contribution in [0.4, 0.5) is 10.5 Å². The molecule has 0 aliphatic heterocycles. The molecule has 3 aromatic rings. The molecule has 134 valence electrons. The summed E-state index contributed by atoms with van der Waals surface area (Å²) in [7, 11) is 0. The standard InChI is InChI=1S/C21H23N3O2/c1-15(2)18-7-3-4-8-20(18)24-21(25)23-12-13-26-17-9-10-19-16(14-17)6-5-11-22-19/h3-11,14-15H,12-13H2,1-2H3,(H2,23,24,25). The third-order valence-corrected chi connectivity index (χ3v) is 4.06. The van der Waals surface area contributed by atoms with Crippen molar-refractivity contribution < 1.29 is 9.53 Å². The Bertz CT molecular complexity index is 893. The van der Waals surface area contributed by atoms with Crippen LogP contribution in [0.15, 0.2) is 60.8 Å². The highest BCUT2D eigenvalue weighted by molar-refractivity contribution is 5.90. The predicted molar refractivity (Wildman–Crippen MR) is 105 cm³/mol. The minimum absolute atomic E-state index is 0.232. The normalized spacial score (nSPS) is 10.7. The Labute approximate surface area is 153 Å². The molecule has 0 aliphatic carbocycles. The van der Waals surface area contributed by atoms with Gasteiger partial charge in [0.05, 0.1) is 12.1 Å². The van der Waals surface area contributed by atoms with E-state index in [2.05, 4.69) is 29.5 Å². The first-order chi connectivity index (χ1) is 12.6. The van der Waals surface area contributed by atoms with Crippen LogP contribution in [0.3, 0.4) is 0 Å². The van der Waals surface area contributed by atoms with Gasteiger partial charge in [0.2, 0.25) is 0 Å². The van der Waals surface area contributed by atoms with Crippen LogP contribution in [0, 0.1) is 0 Å². The quantitative estimate of drug-likeness (QED) is 0.641. The number of hydrogen-bond donors (Lipinski definition) is 2. The van der Waals surface area contributed by atoms with E-state index in [4.69, 9.17) is 4.74 Å². The van der Waals surface area contributed by atoms with E-state index in [0.29, 0.717) is 19.1 Å². The van der Waals surface area contributed by atoms with E-state index < -0.39 is 0 Å². The van der Waals surface area contributed by atoms with Crippen molar-refractivity contribution in [2.24, 2.45) is 0 Å². The van der Waals surface area contributed by atoms with Crippen molar-refractivity contribution in [2.45, 2.75) is 19.8 Å². The lowest BCUT2D eigenvalue weighted by atomic mass is 10.0. The number of nitrogens with one attached hydrogen (secondary N) is 2. The topological polar surface area (TPSA) is 63.2 Å². The number of amides is 2. The van der Waals surface area contributed by atoms with E-state index in [0.717, 1.165) is 27.9 Å². The summed E-state index contributed by atoms with van der Waals surface area (Å²) in [4.78, 5) is 16.4. The Kier molecular flexibility index (Phi) is 5.69. The Morgan fingerprint density at radius 1 is 1.12 bits per heavy atom. The zero-order valence-corrected chi connectivity index (χ0v) is 15.0. The number of carbonyl (C=O) groups is 1. The Morgan fingerprint density at radius 2 is 1.96 bits per heavy atom. The van der Waals surface area contributed by atoms with Gasteiger partial charge in [0.15, 0.2) is 0 Å². The van der Waals surface area contributed by atoms with Crippen molar-refractivity contribution in [1.29, 1.82) is 0 Å². The number of urea groups is 1. The van der Waals surface area contributed by atoms with Crippen molar-refractivity contribution in [3.05, 3.63) is 66.4 Å². The fraction of sp³-hybridized carbons (Fsp3) is 0.238. The maximum atomic E-state index is 12.1. The van der Waals surface area contributed by atoms with E-state index in [1.165, 1.54) is 0 Å². The van der Waals surface area contributed by atoms with Crippen LogP contribution < -0.4 is 15.4 Å². The summed E-state index contributed by atoms with van der Waals surface area (Å²) < 4.78 is 5.71. The van der Waals surface area contributed by atoms with Gasteiger partial charge < -0.3 is 15.4 Å². The number of rotatable bonds is 6. The fourth-order valence-electron chi connectivity index (χ4n) is 2.76. The summed E-state index contributed by atoms with van der Waals surface area (Å²) in [5.41, 5.74) is 2.88. The summed E-state index contributed by atoms with van der Waals surface area (Å²) in [6.45, 7) is 5.02. The summed E-state index contributed by atoms with van der Waals surface area (Å²) in [5, 5.41) is 6.75. The molecule has 2 aromatic carbocycles. The minimum Gasteiger partial charge on any atom is -0.492 e. The second-order valence-corrected chi connectivity index (χ2v) is 6.33. The zero-order chi connectivity index (χ0) is 18.4. The fourth-order valence-corrected chi connectivity index (χ4v) is 2.76. The SMILES string of the molecule is CC(C)c1ccccc1NC(=O)NCCOc1ccc2ncccc2c1. The summed E-state index contributed by atoms with van der Waals surface area (Å²) in [6, 6.07) is 17.2. The molecule has 1 aromatic heterocycles. The highest BCUT2D eigenvalue weighted by Gasteiger charge is 2.08. The molecule has 26 heavy (non-hydrogen) atoms. The molecule has 2 N–H and O–H groups in total. The van der Waals surface area contributed by atoms with Gasteiger partial charge in [0.25, 0.3) is 0 Å². The average molecular weight is 349 g/mol. The molecule has 0 atom stereocenters. The first kappa shape index (κ1) is 17.7. The molecule has 0 saturated heterocycles. The predicted octanol–water partition coefficient (Wildman–Crippen LogP) is 4.56. The van der Waals surface area contributed by atoms with Gasteiger partial charge in [-0.3, -0.25) is 4.98 Å². The number of pyridine rings is 1. The summed E-state index contributed by atoms with van der Waals surface area (Å²) in [6.07, 6.45) is 1.77. The van der Waals surface area contributed by atoms with Gasteiger partial charge in [-0.15, -0.1) is 0 Å². The number of nitrogens with zero attached hydrogens (tertiary/aromatic N) is 1. The molecule has 1 heterocycles. The van der Waals surface area contributed by atoms with Gasteiger partial charge in [-0.25, -0.2) is 4.79 Å². The van der Waals surface area contributed by atoms with Crippen molar-refractivity contribution in [3.8, 4) is 5.75 Å². The van der Waals surface area contributed by atoms with Crippen LogP contribution in [0.1, 0.15) is 25.3 Å². The van der Waals surface area contributed by atoms with Crippen LogP contribution >= 0.6 is 0 Å². The molecular weight excluding hydrogens is 326 g/mol. The average Bonchev–Trinajstić information content (AvgIpc) is 2.65. The Balaban J connectivity index is 1.48. The highest BCUT2D eigenvalue weighted by Crippen LogP contribution is 2.23. The number of aromatic nitrogens is 1. The largest absolute Gasteiger partial charge is 0.492 e. The molecule has 5 heteroatoms. The maximum Gasteiger partial charge on any atom is 0.319 e. The second kappa shape index (κ2) is 8.34. The molecule has 0 fully saturated rings. The summed E-state index contributed by atoms with van der Waals surface area (Å²) >= 11 is 0. The molecule has 0 spiro atoms. The van der Waals surface area contributed by atoms with E-state index in [9.17, 15) is 4.79 Å². The van der Waals surface area contributed by atoms with Gasteiger partial charge in [-0.05, 0) is 41.8 Å². The molecule has 3 rings (SSSR count). The lowest BCUT2D eigenvalue weighted by molar-refractivity contribution is 0.247. The van der Waals surface area contributed by atoms with Crippen molar-refractivity contribution >= 4 is 22.6 Å². The highest BCUT2D eigenvalue weighted by atomic mass is 16.5. The Morgan fingerprint density at radius 3 is 2.81 bits per heavy atom. The first-order valence-corrected chi connectivity index (χ1v) is 8.75. The number of hydrogen-bond acceptors (Lipinski definition) is 3. The Hall–Kier alpha value is -3.08. The molecular formula is C21H23N3O2. The lowest BCUT2D eigenvalue weighted by Crippen LogP contribution is -2.32. The molecule has 0 saturated carbocycles. The first-order valence-electron chi connectivity index (χ1n) is 8.75. The van der Waals surface area contributed by atoms with Crippen LogP contribution in [0.25, 0.3) is 10.9 Å². The minimum atomic E-state index is -0.232. The number of ether oxygens (including phenoxy) is 1. The van der Waals surface area contributed by atoms with Crippen LogP contribution in [0.2, 0.25) is 0 Å². The van der Waals surface area contributed by atoms with Gasteiger partial charge >= 0.3 is 6.03 Å². The van der Waals surface area contributed by atoms with E-state index in [1.54, 1.807) is 6.20 Å². The van der Waals surface area contributed by atoms with Crippen LogP contribution in [-0.4, -0.2) is 24.2 Å². The second-order valence-electron chi connectivity index (χ2n) is 6.33. The molecule has 2 amide bonds. The number of fused-ring (bicyclic) bond motifs is 1. The van der Waals surface area contributed by atoms with Gasteiger partial charge in [-0.1, -0.05) is 38.1 Å². The zero-order valence-electron chi connectivity index (χ0n) is 15.0. The molecule has 0 unspecified atom stereocenters. The monoisotopic (exact) mass is 349 g/mol. The third-order valence-electron chi connectivity index (χ3n) is 4.06. The van der Waals surface area contributed by atoms with Crippen molar-refractivity contribution in [1.82, 2.24) is 10.3 Å². The van der Waals surface area contributed by atoms with Crippen LogP contribution in [0.5, 0.6) is 5.75 Å². The molecule has 0 radical (unpaired) electrons. The van der Waals surface area contributed by atoms with Gasteiger partial charge in [0, 0.05) is 17.3 Å².